The smallest absolute Gasteiger partial charge is 0.408 e. The highest BCUT2D eigenvalue weighted by Gasteiger charge is 2.26. The summed E-state index contributed by atoms with van der Waals surface area (Å²) in [5.74, 6) is 0.00873. The Kier molecular flexibility index (Phi) is 8.62. The number of ketones is 1. The van der Waals surface area contributed by atoms with E-state index in [1.165, 1.54) is 0 Å². The van der Waals surface area contributed by atoms with Gasteiger partial charge in [0.25, 0.3) is 0 Å². The van der Waals surface area contributed by atoms with E-state index in [4.69, 9.17) is 9.47 Å². The maximum atomic E-state index is 12.4. The SMILES string of the molecule is CC(C)C(NC(=O)OC(C)(C)C)C(=O)CCCOCc1ccccc1. The molecule has 0 bridgehead atoms. The molecule has 0 fully saturated rings. The lowest BCUT2D eigenvalue weighted by atomic mass is 9.97. The molecular formula is C20H31NO4. The maximum absolute atomic E-state index is 12.4. The van der Waals surface area contributed by atoms with Crippen LogP contribution in [0.3, 0.4) is 0 Å². The molecule has 1 rings (SSSR count). The van der Waals surface area contributed by atoms with E-state index in [0.29, 0.717) is 26.1 Å². The van der Waals surface area contributed by atoms with Crippen molar-refractivity contribution in [2.45, 2.75) is 65.7 Å². The van der Waals surface area contributed by atoms with Gasteiger partial charge in [-0.2, -0.15) is 0 Å². The largest absolute Gasteiger partial charge is 0.444 e. The van der Waals surface area contributed by atoms with Gasteiger partial charge in [0.1, 0.15) is 5.60 Å². The number of benzene rings is 1. The zero-order valence-corrected chi connectivity index (χ0v) is 16.0. The van der Waals surface area contributed by atoms with Gasteiger partial charge in [0, 0.05) is 13.0 Å². The molecule has 0 aliphatic heterocycles. The molecule has 0 aliphatic carbocycles. The Labute approximate surface area is 151 Å². The third-order valence-electron chi connectivity index (χ3n) is 3.51. The normalized spacial score (nSPS) is 12.7. The number of Topliss-reactive ketones (excluding diaryl/α,β-unsaturated/α-hetero) is 1. The molecule has 1 aromatic rings. The summed E-state index contributed by atoms with van der Waals surface area (Å²) in [7, 11) is 0. The van der Waals surface area contributed by atoms with Crippen molar-refractivity contribution in [2.75, 3.05) is 6.61 Å². The van der Waals surface area contributed by atoms with Gasteiger partial charge in [-0.3, -0.25) is 4.79 Å². The zero-order chi connectivity index (χ0) is 18.9. The first-order chi connectivity index (χ1) is 11.7. The van der Waals surface area contributed by atoms with E-state index in [9.17, 15) is 9.59 Å². The molecular weight excluding hydrogens is 318 g/mol. The van der Waals surface area contributed by atoms with E-state index in [2.05, 4.69) is 5.32 Å². The van der Waals surface area contributed by atoms with Crippen LogP contribution in [-0.4, -0.2) is 30.1 Å². The highest BCUT2D eigenvalue weighted by molar-refractivity contribution is 5.87. The molecule has 0 aromatic heterocycles. The Morgan fingerprint density at radius 1 is 1.12 bits per heavy atom. The van der Waals surface area contributed by atoms with Gasteiger partial charge in [0.05, 0.1) is 12.6 Å². The number of alkyl carbamates (subject to hydrolysis) is 1. The second kappa shape index (κ2) is 10.2. The molecule has 0 aliphatic rings. The van der Waals surface area contributed by atoms with E-state index < -0.39 is 17.7 Å². The van der Waals surface area contributed by atoms with Crippen molar-refractivity contribution in [1.29, 1.82) is 0 Å². The summed E-state index contributed by atoms with van der Waals surface area (Å²) in [5.41, 5.74) is 0.528. The van der Waals surface area contributed by atoms with Crippen molar-refractivity contribution in [1.82, 2.24) is 5.32 Å². The fourth-order valence-electron chi connectivity index (χ4n) is 2.32. The van der Waals surface area contributed by atoms with Crippen LogP contribution in [0.25, 0.3) is 0 Å². The Hall–Kier alpha value is -1.88. The Morgan fingerprint density at radius 3 is 2.32 bits per heavy atom. The average molecular weight is 349 g/mol. The number of amides is 1. The molecule has 25 heavy (non-hydrogen) atoms. The molecule has 5 heteroatoms. The average Bonchev–Trinajstić information content (AvgIpc) is 2.51. The van der Waals surface area contributed by atoms with Crippen LogP contribution in [0.4, 0.5) is 4.79 Å². The Bertz CT molecular complexity index is 534. The lowest BCUT2D eigenvalue weighted by molar-refractivity contribution is -0.122. The minimum Gasteiger partial charge on any atom is -0.444 e. The van der Waals surface area contributed by atoms with Gasteiger partial charge in [-0.1, -0.05) is 44.2 Å². The summed E-state index contributed by atoms with van der Waals surface area (Å²) in [5, 5.41) is 2.69. The lowest BCUT2D eigenvalue weighted by Gasteiger charge is -2.25. The molecule has 1 N–H and O–H groups in total. The summed E-state index contributed by atoms with van der Waals surface area (Å²) >= 11 is 0. The first-order valence-corrected chi connectivity index (χ1v) is 8.83. The number of carbonyl (C=O) groups is 2. The second-order valence-electron chi connectivity index (χ2n) is 7.48. The predicted octanol–water partition coefficient (Wildman–Crippen LogP) is 4.10. The van der Waals surface area contributed by atoms with E-state index in [0.717, 1.165) is 5.56 Å². The summed E-state index contributed by atoms with van der Waals surface area (Å²) in [4.78, 5) is 24.3. The van der Waals surface area contributed by atoms with Crippen LogP contribution in [0.2, 0.25) is 0 Å². The van der Waals surface area contributed by atoms with Crippen LogP contribution < -0.4 is 5.32 Å². The van der Waals surface area contributed by atoms with Gasteiger partial charge < -0.3 is 14.8 Å². The molecule has 1 atom stereocenters. The second-order valence-corrected chi connectivity index (χ2v) is 7.48. The Morgan fingerprint density at radius 2 is 1.76 bits per heavy atom. The van der Waals surface area contributed by atoms with Crippen LogP contribution in [0.5, 0.6) is 0 Å². The maximum Gasteiger partial charge on any atom is 0.408 e. The van der Waals surface area contributed by atoms with E-state index in [-0.39, 0.29) is 11.7 Å². The molecule has 0 radical (unpaired) electrons. The van der Waals surface area contributed by atoms with Crippen molar-refractivity contribution >= 4 is 11.9 Å². The summed E-state index contributed by atoms with van der Waals surface area (Å²) < 4.78 is 10.8. The molecule has 1 unspecified atom stereocenters. The molecule has 0 spiro atoms. The minimum atomic E-state index is -0.583. The number of ether oxygens (including phenoxy) is 2. The highest BCUT2D eigenvalue weighted by atomic mass is 16.6. The fraction of sp³-hybridized carbons (Fsp3) is 0.600. The van der Waals surface area contributed by atoms with Crippen LogP contribution in [0.1, 0.15) is 53.0 Å². The van der Waals surface area contributed by atoms with Gasteiger partial charge in [-0.05, 0) is 38.7 Å². The molecule has 0 heterocycles. The molecule has 0 saturated heterocycles. The first-order valence-electron chi connectivity index (χ1n) is 8.83. The number of carbonyl (C=O) groups excluding carboxylic acids is 2. The zero-order valence-electron chi connectivity index (χ0n) is 16.0. The predicted molar refractivity (Wildman–Crippen MR) is 98.3 cm³/mol. The van der Waals surface area contributed by atoms with E-state index in [1.54, 1.807) is 20.8 Å². The molecule has 5 nitrogen and oxygen atoms in total. The van der Waals surface area contributed by atoms with Gasteiger partial charge >= 0.3 is 6.09 Å². The minimum absolute atomic E-state index is 0.00386. The number of nitrogens with one attached hydrogen (secondary N) is 1. The van der Waals surface area contributed by atoms with Crippen LogP contribution in [0.15, 0.2) is 30.3 Å². The topological polar surface area (TPSA) is 64.6 Å². The monoisotopic (exact) mass is 349 g/mol. The quantitative estimate of drug-likeness (QED) is 0.682. The van der Waals surface area contributed by atoms with Gasteiger partial charge in [0.15, 0.2) is 5.78 Å². The fourth-order valence-corrected chi connectivity index (χ4v) is 2.32. The Balaban J connectivity index is 2.34. The van der Waals surface area contributed by atoms with Crippen molar-refractivity contribution in [3.8, 4) is 0 Å². The summed E-state index contributed by atoms with van der Waals surface area (Å²) in [6.07, 6.45) is 0.443. The van der Waals surface area contributed by atoms with Crippen molar-refractivity contribution in [3.05, 3.63) is 35.9 Å². The van der Waals surface area contributed by atoms with Crippen LogP contribution >= 0.6 is 0 Å². The van der Waals surface area contributed by atoms with Gasteiger partial charge in [-0.15, -0.1) is 0 Å². The molecule has 0 saturated carbocycles. The van der Waals surface area contributed by atoms with Crippen LogP contribution in [-0.2, 0) is 20.9 Å². The van der Waals surface area contributed by atoms with Crippen molar-refractivity contribution in [2.24, 2.45) is 5.92 Å². The van der Waals surface area contributed by atoms with Crippen molar-refractivity contribution in [3.63, 3.8) is 0 Å². The van der Waals surface area contributed by atoms with E-state index >= 15 is 0 Å². The number of rotatable bonds is 9. The molecule has 140 valence electrons. The number of hydrogen-bond acceptors (Lipinski definition) is 4. The third-order valence-corrected chi connectivity index (χ3v) is 3.51. The number of hydrogen-bond donors (Lipinski definition) is 1. The third kappa shape index (κ3) is 9.25. The van der Waals surface area contributed by atoms with E-state index in [1.807, 2.05) is 44.2 Å². The highest BCUT2D eigenvalue weighted by Crippen LogP contribution is 2.11. The van der Waals surface area contributed by atoms with Gasteiger partial charge in [0.2, 0.25) is 0 Å². The molecule has 1 aromatic carbocycles. The molecule has 1 amide bonds. The lowest BCUT2D eigenvalue weighted by Crippen LogP contribution is -2.46. The van der Waals surface area contributed by atoms with Gasteiger partial charge in [-0.25, -0.2) is 4.79 Å². The van der Waals surface area contributed by atoms with Crippen molar-refractivity contribution < 1.29 is 19.1 Å². The first kappa shape index (κ1) is 21.2. The summed E-state index contributed by atoms with van der Waals surface area (Å²) in [6.45, 7) is 10.3. The summed E-state index contributed by atoms with van der Waals surface area (Å²) in [6, 6.07) is 9.38. The standard InChI is InChI=1S/C20H31NO4/c1-15(2)18(21-19(23)25-20(3,4)5)17(22)12-9-13-24-14-16-10-7-6-8-11-16/h6-8,10-11,15,18H,9,12-14H2,1-5H3,(H,21,23). The van der Waals surface area contributed by atoms with Crippen LogP contribution in [0, 0.1) is 5.92 Å².